The molecule has 3 heterocycles. The normalized spacial score (nSPS) is 13.9. The summed E-state index contributed by atoms with van der Waals surface area (Å²) in [6.07, 6.45) is 5.70. The first-order valence-corrected chi connectivity index (χ1v) is 23.4. The number of nitrogens with zero attached hydrogens (tertiary/aromatic N) is 3. The molecule has 0 atom stereocenters. The molecule has 0 saturated carbocycles. The Morgan fingerprint density at radius 2 is 0.700 bits per heavy atom. The van der Waals surface area contributed by atoms with Crippen LogP contribution < -0.4 is 0 Å². The Balaban J connectivity index is 0.000000152. The van der Waals surface area contributed by atoms with Gasteiger partial charge in [-0.2, -0.15) is 0 Å². The largest absolute Gasteiger partial charge is 0.305 e. The maximum atomic E-state index is 4.55. The van der Waals surface area contributed by atoms with Crippen LogP contribution in [-0.2, 0) is 76.6 Å². The Hall–Kier alpha value is -5.28. The minimum atomic E-state index is 0. The van der Waals surface area contributed by atoms with Gasteiger partial charge < -0.3 is 15.0 Å². The van der Waals surface area contributed by atoms with Gasteiger partial charge in [0.2, 0.25) is 0 Å². The summed E-state index contributed by atoms with van der Waals surface area (Å²) >= 11 is 0. The minimum Gasteiger partial charge on any atom is -0.305 e. The third-order valence-corrected chi connectivity index (χ3v) is 14.4. The fraction of sp³-hybridized carbons (Fsp3) is 0.203. The van der Waals surface area contributed by atoms with E-state index in [0.29, 0.717) is 0 Å². The molecule has 0 saturated heterocycles. The number of aryl methyl sites for hydroxylation is 4. The second kappa shape index (κ2) is 20.4. The van der Waals surface area contributed by atoms with Crippen molar-refractivity contribution in [2.75, 3.05) is 0 Å². The predicted molar refractivity (Wildman–Crippen MR) is 277 cm³/mol. The van der Waals surface area contributed by atoms with Gasteiger partial charge in [-0.15, -0.1) is 88.0 Å². The van der Waals surface area contributed by atoms with E-state index in [1.54, 1.807) is 0 Å². The summed E-state index contributed by atoms with van der Waals surface area (Å²) < 4.78 is 0. The van der Waals surface area contributed by atoms with Crippen molar-refractivity contribution in [2.24, 2.45) is 0 Å². The predicted octanol–water partition coefficient (Wildman–Crippen LogP) is 15.8. The third-order valence-electron chi connectivity index (χ3n) is 14.4. The van der Waals surface area contributed by atoms with Crippen LogP contribution in [0.2, 0.25) is 0 Å². The van der Waals surface area contributed by atoms with Crippen LogP contribution in [0.5, 0.6) is 0 Å². The van der Waals surface area contributed by atoms with Gasteiger partial charge in [0.15, 0.2) is 0 Å². The number of aromatic nitrogens is 3. The van der Waals surface area contributed by atoms with E-state index < -0.39 is 0 Å². The van der Waals surface area contributed by atoms with Crippen LogP contribution in [0.25, 0.3) is 67.2 Å². The molecule has 3 aliphatic rings. The molecule has 3 nitrogen and oxygen atoms in total. The van der Waals surface area contributed by atoms with Crippen molar-refractivity contribution in [2.45, 2.75) is 85.5 Å². The zero-order chi connectivity index (χ0) is 46.8. The van der Waals surface area contributed by atoms with Crippen molar-refractivity contribution in [3.63, 3.8) is 0 Å². The molecule has 12 rings (SSSR count). The Kier molecular flexibility index (Phi) is 15.3. The fourth-order valence-electron chi connectivity index (χ4n) is 10.4. The fourth-order valence-corrected chi connectivity index (χ4v) is 10.4. The van der Waals surface area contributed by atoms with Gasteiger partial charge in [-0.3, -0.25) is 0 Å². The summed E-state index contributed by atoms with van der Waals surface area (Å²) in [6.45, 7) is 22.2. The molecule has 0 spiro atoms. The van der Waals surface area contributed by atoms with Crippen LogP contribution in [0, 0.1) is 45.9 Å². The summed E-state index contributed by atoms with van der Waals surface area (Å²) in [5.74, 6) is 0. The minimum absolute atomic E-state index is 0. The second-order valence-electron chi connectivity index (χ2n) is 20.2. The summed E-state index contributed by atoms with van der Waals surface area (Å²) in [4.78, 5) is 13.6. The Morgan fingerprint density at radius 1 is 0.329 bits per heavy atom. The number of hydrogen-bond acceptors (Lipinski definition) is 3. The van der Waals surface area contributed by atoms with E-state index in [-0.39, 0.29) is 76.6 Å². The van der Waals surface area contributed by atoms with Crippen molar-refractivity contribution < 1.29 is 60.3 Å². The molecule has 0 aliphatic heterocycles. The van der Waals surface area contributed by atoms with E-state index in [4.69, 9.17) is 0 Å². The van der Waals surface area contributed by atoms with Crippen LogP contribution in [-0.4, -0.2) is 15.0 Å². The molecule has 0 unspecified atom stereocenters. The number of benzene rings is 6. The van der Waals surface area contributed by atoms with Gasteiger partial charge in [0.05, 0.1) is 0 Å². The van der Waals surface area contributed by atoms with E-state index in [0.717, 1.165) is 33.8 Å². The van der Waals surface area contributed by atoms with Crippen LogP contribution in [0.15, 0.2) is 158 Å². The summed E-state index contributed by atoms with van der Waals surface area (Å²) in [6, 6.07) is 60.1. The van der Waals surface area contributed by atoms with Crippen molar-refractivity contribution in [3.05, 3.63) is 232 Å². The summed E-state index contributed by atoms with van der Waals surface area (Å²) in [7, 11) is 0. The Bertz CT molecular complexity index is 3370. The monoisotopic (exact) mass is 1450 g/mol. The first kappa shape index (κ1) is 52.5. The Labute approximate surface area is 456 Å². The van der Waals surface area contributed by atoms with Crippen LogP contribution in [0.4, 0.5) is 0 Å². The molecule has 0 bridgehead atoms. The maximum absolute atomic E-state index is 4.55. The molecule has 0 amide bonds. The molecular weight excluding hydrogens is 1390 g/mol. The van der Waals surface area contributed by atoms with Gasteiger partial charge in [-0.25, -0.2) is 0 Å². The van der Waals surface area contributed by atoms with E-state index in [9.17, 15) is 0 Å². The zero-order valence-electron chi connectivity index (χ0n) is 41.4. The molecule has 6 heteroatoms. The van der Waals surface area contributed by atoms with Gasteiger partial charge in [0.1, 0.15) is 0 Å². The van der Waals surface area contributed by atoms with Crippen molar-refractivity contribution in [1.82, 2.24) is 15.0 Å². The third kappa shape index (κ3) is 9.48. The van der Waals surface area contributed by atoms with Crippen molar-refractivity contribution in [1.29, 1.82) is 0 Å². The number of rotatable bonds is 3. The molecule has 6 aromatic carbocycles. The first-order valence-electron chi connectivity index (χ1n) is 23.4. The molecular formula is C64H56Ir3N3-3. The van der Waals surface area contributed by atoms with E-state index in [1.807, 2.05) is 24.7 Å². The summed E-state index contributed by atoms with van der Waals surface area (Å²) in [5, 5.41) is 0. The number of fused-ring (bicyclic) bond motifs is 9. The molecule has 3 aliphatic carbocycles. The van der Waals surface area contributed by atoms with Crippen molar-refractivity contribution >= 4 is 0 Å². The maximum Gasteiger partial charge on any atom is 0.0190 e. The van der Waals surface area contributed by atoms with Crippen molar-refractivity contribution in [3.8, 4) is 67.2 Å². The average molecular weight is 1440 g/mol. The molecule has 9 aromatic rings. The Morgan fingerprint density at radius 3 is 1.13 bits per heavy atom. The average Bonchev–Trinajstić information content (AvgIpc) is 3.81. The van der Waals surface area contributed by atoms with E-state index >= 15 is 0 Å². The van der Waals surface area contributed by atoms with Gasteiger partial charge in [-0.1, -0.05) is 183 Å². The van der Waals surface area contributed by atoms with Gasteiger partial charge in [0.25, 0.3) is 0 Å². The second-order valence-corrected chi connectivity index (χ2v) is 20.2. The molecule has 3 radical (unpaired) electrons. The molecule has 3 aromatic heterocycles. The standard InChI is InChI=1S/C22H20N.2C21H18N.3Ir/c1-14-5-8-17-18-9-7-16(21-10-6-15(2)13-23-21)12-20(18)22(3,4)19(17)11-14;1-14-8-11-20(22-13-14)15-9-10-17-16-6-4-5-7-18(16)21(2,3)19(17)12-15;1-14-10-11-22-20(12-14)15-8-9-17-16-6-4-5-7-18(16)21(2,3)19(17)13-15;;;/h5-6,8-13H,1-4H3;4-8,10-13H,1-3H3;4-7,9-13H,1-3H3;;;/q3*-1;;;. The SMILES string of the molecule is Cc1ccc(-c2[c-]cc3c(c2)C(C)(C)c2cc(C)ccc2-3)nc1.Cc1ccc(-c2[c-]cc3c(c2)C(C)(C)c2ccccc2-3)nc1.Cc1ccnc(-c2[c-]cc3c(c2)C(C)(C)c2ccccc2-3)c1.[Ir].[Ir].[Ir]. The molecule has 0 N–H and O–H groups in total. The van der Waals surface area contributed by atoms with E-state index in [1.165, 1.54) is 89.0 Å². The molecule has 0 fully saturated rings. The van der Waals surface area contributed by atoms with Crippen LogP contribution >= 0.6 is 0 Å². The smallest absolute Gasteiger partial charge is 0.0190 e. The molecule has 357 valence electrons. The first-order chi connectivity index (χ1) is 32.1. The van der Waals surface area contributed by atoms with Gasteiger partial charge in [0, 0.05) is 78.9 Å². The number of pyridine rings is 3. The van der Waals surface area contributed by atoms with Gasteiger partial charge >= 0.3 is 0 Å². The van der Waals surface area contributed by atoms with Crippen LogP contribution in [0.1, 0.15) is 97.2 Å². The van der Waals surface area contributed by atoms with E-state index in [2.05, 4.69) is 236 Å². The summed E-state index contributed by atoms with van der Waals surface area (Å²) in [5.41, 5.74) is 27.4. The zero-order valence-corrected chi connectivity index (χ0v) is 48.5. The van der Waals surface area contributed by atoms with Crippen LogP contribution in [0.3, 0.4) is 0 Å². The molecule has 70 heavy (non-hydrogen) atoms. The van der Waals surface area contributed by atoms with Gasteiger partial charge in [-0.05, 0) is 94.9 Å². The quantitative estimate of drug-likeness (QED) is 0.166. The topological polar surface area (TPSA) is 38.7 Å². The number of hydrogen-bond donors (Lipinski definition) is 0.